The molecule has 1 aliphatic heterocycles. The molecule has 1 fully saturated rings. The molecule has 0 aromatic carbocycles. The number of rotatable bonds is 2. The number of aromatic nitrogens is 1. The van der Waals surface area contributed by atoms with E-state index in [1.807, 2.05) is 12.1 Å². The van der Waals surface area contributed by atoms with Crippen LogP contribution in [0.25, 0.3) is 0 Å². The summed E-state index contributed by atoms with van der Waals surface area (Å²) in [5.41, 5.74) is 0.479. The van der Waals surface area contributed by atoms with E-state index in [0.717, 1.165) is 4.90 Å². The average molecular weight is 233 g/mol. The normalized spacial score (nSPS) is 25.6. The number of hydrogen-bond acceptors (Lipinski definition) is 4. The fourth-order valence-corrected chi connectivity index (χ4v) is 3.02. The number of hydrogen-bond donors (Lipinski definition) is 0. The summed E-state index contributed by atoms with van der Waals surface area (Å²) in [4.78, 5) is 5.19. The summed E-state index contributed by atoms with van der Waals surface area (Å²) in [6, 6.07) is 7.01. The van der Waals surface area contributed by atoms with Gasteiger partial charge < -0.3 is 0 Å². The maximum atomic E-state index is 8.67. The maximum absolute atomic E-state index is 8.67. The molecule has 3 nitrogen and oxygen atoms in total. The third-order valence-electron chi connectivity index (χ3n) is 2.93. The lowest BCUT2D eigenvalue weighted by Gasteiger charge is -2.24. The van der Waals surface area contributed by atoms with E-state index >= 15 is 0 Å². The third kappa shape index (κ3) is 2.37. The van der Waals surface area contributed by atoms with Crippen LogP contribution in [0.4, 0.5) is 0 Å². The van der Waals surface area contributed by atoms with Gasteiger partial charge in [0.05, 0.1) is 0 Å². The van der Waals surface area contributed by atoms with Crippen LogP contribution < -0.4 is 0 Å². The molecule has 1 aromatic heterocycles. The van der Waals surface area contributed by atoms with Crippen LogP contribution in [-0.2, 0) is 0 Å². The Labute approximate surface area is 101 Å². The highest BCUT2D eigenvalue weighted by Crippen LogP contribution is 2.34. The summed E-state index contributed by atoms with van der Waals surface area (Å²) < 4.78 is 2.42. The lowest BCUT2D eigenvalue weighted by atomic mass is 10.2. The van der Waals surface area contributed by atoms with Gasteiger partial charge in [0.25, 0.3) is 0 Å². The fraction of sp³-hybridized carbons (Fsp3) is 0.500. The molecule has 0 bridgehead atoms. The molecule has 1 aromatic rings. The Morgan fingerprint density at radius 3 is 2.56 bits per heavy atom. The Morgan fingerprint density at radius 2 is 2.06 bits per heavy atom. The van der Waals surface area contributed by atoms with E-state index in [1.165, 1.54) is 12.8 Å². The van der Waals surface area contributed by atoms with Crippen molar-refractivity contribution in [2.45, 2.75) is 43.7 Å². The number of nitrogens with zero attached hydrogens (tertiary/aromatic N) is 3. The van der Waals surface area contributed by atoms with Gasteiger partial charge in [-0.25, -0.2) is 9.29 Å². The first-order valence-electron chi connectivity index (χ1n) is 5.53. The molecular weight excluding hydrogens is 218 g/mol. The van der Waals surface area contributed by atoms with E-state index < -0.39 is 0 Å². The first-order chi connectivity index (χ1) is 7.70. The highest BCUT2D eigenvalue weighted by atomic mass is 32.2. The Morgan fingerprint density at radius 1 is 1.38 bits per heavy atom. The van der Waals surface area contributed by atoms with Gasteiger partial charge in [0.15, 0.2) is 0 Å². The molecule has 16 heavy (non-hydrogen) atoms. The smallest absolute Gasteiger partial charge is 0.140 e. The molecule has 2 heterocycles. The van der Waals surface area contributed by atoms with Crippen LogP contribution in [0.2, 0.25) is 0 Å². The molecule has 0 amide bonds. The zero-order chi connectivity index (χ0) is 11.5. The largest absolute Gasteiger partial charge is 0.244 e. The van der Waals surface area contributed by atoms with Gasteiger partial charge in [-0.15, -0.1) is 0 Å². The lowest BCUT2D eigenvalue weighted by molar-refractivity contribution is 0.393. The first kappa shape index (κ1) is 11.4. The Bertz CT molecular complexity index is 386. The summed E-state index contributed by atoms with van der Waals surface area (Å²) in [6.07, 6.45) is 4.30. The molecule has 0 spiro atoms. The van der Waals surface area contributed by atoms with E-state index in [1.54, 1.807) is 24.2 Å². The Balaban J connectivity index is 2.06. The Hall–Kier alpha value is -1.05. The number of pyridine rings is 1. The minimum absolute atomic E-state index is 0.479. The van der Waals surface area contributed by atoms with Gasteiger partial charge in [0, 0.05) is 23.2 Å². The molecule has 1 aliphatic rings. The molecule has 1 saturated heterocycles. The molecule has 0 unspecified atom stereocenters. The van der Waals surface area contributed by atoms with Crippen LogP contribution in [0.1, 0.15) is 32.4 Å². The molecule has 2 atom stereocenters. The summed E-state index contributed by atoms with van der Waals surface area (Å²) in [5, 5.41) is 8.67. The van der Waals surface area contributed by atoms with Crippen molar-refractivity contribution in [1.29, 1.82) is 5.26 Å². The fourth-order valence-electron chi connectivity index (χ4n) is 1.97. The van der Waals surface area contributed by atoms with Crippen molar-refractivity contribution in [3.63, 3.8) is 0 Å². The van der Waals surface area contributed by atoms with E-state index in [2.05, 4.69) is 23.1 Å². The van der Waals surface area contributed by atoms with Crippen molar-refractivity contribution in [3.05, 3.63) is 24.0 Å². The van der Waals surface area contributed by atoms with Gasteiger partial charge in [-0.1, -0.05) is 0 Å². The van der Waals surface area contributed by atoms with Crippen molar-refractivity contribution in [2.75, 3.05) is 0 Å². The monoisotopic (exact) mass is 233 g/mol. The summed E-state index contributed by atoms with van der Waals surface area (Å²) >= 11 is 1.75. The van der Waals surface area contributed by atoms with Gasteiger partial charge in [0.1, 0.15) is 11.8 Å². The SMILES string of the molecule is C[C@@H]1CC[C@H](C)N1Sc1ccc(C#N)nc1. The zero-order valence-corrected chi connectivity index (χ0v) is 10.4. The van der Waals surface area contributed by atoms with E-state index in [0.29, 0.717) is 17.8 Å². The standard InChI is InChI=1S/C12H15N3S/c1-9-3-4-10(2)15(9)16-12-6-5-11(7-13)14-8-12/h5-6,8-10H,3-4H2,1-2H3/t9-,10+. The van der Waals surface area contributed by atoms with Gasteiger partial charge in [-0.05, 0) is 50.8 Å². The summed E-state index contributed by atoms with van der Waals surface area (Å²) in [7, 11) is 0. The van der Waals surface area contributed by atoms with Crippen LogP contribution >= 0.6 is 11.9 Å². The molecule has 0 radical (unpaired) electrons. The molecular formula is C12H15N3S. The van der Waals surface area contributed by atoms with E-state index in [-0.39, 0.29) is 0 Å². The number of nitriles is 1. The summed E-state index contributed by atoms with van der Waals surface area (Å²) in [5.74, 6) is 0. The Kier molecular flexibility index (Phi) is 3.47. The van der Waals surface area contributed by atoms with Crippen molar-refractivity contribution in [1.82, 2.24) is 9.29 Å². The lowest BCUT2D eigenvalue weighted by Crippen LogP contribution is -2.25. The molecule has 0 aliphatic carbocycles. The van der Waals surface area contributed by atoms with Crippen LogP contribution in [0.15, 0.2) is 23.2 Å². The molecule has 84 valence electrons. The van der Waals surface area contributed by atoms with Crippen LogP contribution in [0, 0.1) is 11.3 Å². The van der Waals surface area contributed by atoms with Crippen LogP contribution in [0.3, 0.4) is 0 Å². The first-order valence-corrected chi connectivity index (χ1v) is 6.30. The maximum Gasteiger partial charge on any atom is 0.140 e. The van der Waals surface area contributed by atoms with Crippen molar-refractivity contribution >= 4 is 11.9 Å². The molecule has 0 N–H and O–H groups in total. The van der Waals surface area contributed by atoms with E-state index in [9.17, 15) is 0 Å². The molecule has 0 saturated carbocycles. The van der Waals surface area contributed by atoms with Crippen LogP contribution in [0.5, 0.6) is 0 Å². The minimum Gasteiger partial charge on any atom is -0.244 e. The van der Waals surface area contributed by atoms with Crippen molar-refractivity contribution < 1.29 is 0 Å². The molecule has 4 heteroatoms. The second kappa shape index (κ2) is 4.86. The van der Waals surface area contributed by atoms with Gasteiger partial charge in [-0.3, -0.25) is 0 Å². The van der Waals surface area contributed by atoms with Gasteiger partial charge in [0.2, 0.25) is 0 Å². The van der Waals surface area contributed by atoms with Crippen molar-refractivity contribution in [2.24, 2.45) is 0 Å². The van der Waals surface area contributed by atoms with Gasteiger partial charge >= 0.3 is 0 Å². The average Bonchev–Trinajstić information content (AvgIpc) is 2.62. The predicted molar refractivity (Wildman–Crippen MR) is 64.8 cm³/mol. The second-order valence-corrected chi connectivity index (χ2v) is 5.29. The zero-order valence-electron chi connectivity index (χ0n) is 9.55. The molecule has 2 rings (SSSR count). The van der Waals surface area contributed by atoms with E-state index in [4.69, 9.17) is 5.26 Å². The highest BCUT2D eigenvalue weighted by molar-refractivity contribution is 7.97. The highest BCUT2D eigenvalue weighted by Gasteiger charge is 2.28. The van der Waals surface area contributed by atoms with Crippen LogP contribution in [-0.4, -0.2) is 21.4 Å². The second-order valence-electron chi connectivity index (χ2n) is 4.22. The quantitative estimate of drug-likeness (QED) is 0.736. The third-order valence-corrected chi connectivity index (χ3v) is 4.32. The van der Waals surface area contributed by atoms with Crippen molar-refractivity contribution in [3.8, 4) is 6.07 Å². The topological polar surface area (TPSA) is 39.9 Å². The predicted octanol–water partition coefficient (Wildman–Crippen LogP) is 2.83. The van der Waals surface area contributed by atoms with Gasteiger partial charge in [-0.2, -0.15) is 5.26 Å². The summed E-state index contributed by atoms with van der Waals surface area (Å²) in [6.45, 7) is 4.52. The minimum atomic E-state index is 0.479.